The second kappa shape index (κ2) is 4.56. The highest BCUT2D eigenvalue weighted by Gasteiger charge is 2.40. The molecule has 20 heavy (non-hydrogen) atoms. The van der Waals surface area contributed by atoms with E-state index in [4.69, 9.17) is 5.73 Å². The van der Waals surface area contributed by atoms with Crippen molar-refractivity contribution in [2.45, 2.75) is 25.1 Å². The third-order valence-corrected chi connectivity index (χ3v) is 3.39. The minimum absolute atomic E-state index is 0.0529. The lowest BCUT2D eigenvalue weighted by atomic mass is 10.1. The van der Waals surface area contributed by atoms with Gasteiger partial charge < -0.3 is 5.73 Å². The summed E-state index contributed by atoms with van der Waals surface area (Å²) in [5.41, 5.74) is 5.89. The summed E-state index contributed by atoms with van der Waals surface area (Å²) in [6.45, 7) is 0. The fourth-order valence-corrected chi connectivity index (χ4v) is 2.47. The van der Waals surface area contributed by atoms with E-state index in [1.165, 1.54) is 0 Å². The van der Waals surface area contributed by atoms with Crippen LogP contribution in [0.4, 0.5) is 13.2 Å². The Kier molecular flexibility index (Phi) is 2.97. The van der Waals surface area contributed by atoms with E-state index in [0.29, 0.717) is 24.1 Å². The van der Waals surface area contributed by atoms with Crippen molar-refractivity contribution in [3.8, 4) is 11.4 Å². The van der Waals surface area contributed by atoms with E-state index >= 15 is 0 Å². The molecule has 0 saturated heterocycles. The molecule has 1 heterocycles. The van der Waals surface area contributed by atoms with Gasteiger partial charge in [0, 0.05) is 22.9 Å². The molecule has 0 bridgehead atoms. The van der Waals surface area contributed by atoms with E-state index in [0.717, 1.165) is 0 Å². The van der Waals surface area contributed by atoms with Crippen molar-refractivity contribution in [1.82, 2.24) is 9.97 Å². The van der Waals surface area contributed by atoms with Crippen molar-refractivity contribution in [3.63, 3.8) is 0 Å². The van der Waals surface area contributed by atoms with E-state index in [-0.39, 0.29) is 11.4 Å². The first-order chi connectivity index (χ1) is 9.47. The topological polar surface area (TPSA) is 51.8 Å². The lowest BCUT2D eigenvalue weighted by molar-refractivity contribution is -0.142. The second-order valence-corrected chi connectivity index (χ2v) is 4.77. The SMILES string of the molecule is NC1CCc2nc(-c3ccccc3)nc(C(F)(F)F)c21. The number of nitrogens with two attached hydrogens (primary N) is 1. The zero-order chi connectivity index (χ0) is 14.3. The smallest absolute Gasteiger partial charge is 0.324 e. The normalized spacial score (nSPS) is 18.1. The first kappa shape index (κ1) is 13.1. The molecule has 0 spiro atoms. The third kappa shape index (κ3) is 2.16. The Morgan fingerprint density at radius 1 is 1.10 bits per heavy atom. The van der Waals surface area contributed by atoms with Gasteiger partial charge in [0.25, 0.3) is 0 Å². The van der Waals surface area contributed by atoms with E-state index in [1.807, 2.05) is 0 Å². The number of halogens is 3. The fraction of sp³-hybridized carbons (Fsp3) is 0.286. The molecule has 0 fully saturated rings. The molecular weight excluding hydrogens is 267 g/mol. The third-order valence-electron chi connectivity index (χ3n) is 3.39. The van der Waals surface area contributed by atoms with Crippen LogP contribution in [0.5, 0.6) is 0 Å². The van der Waals surface area contributed by atoms with Gasteiger partial charge in [-0.05, 0) is 12.8 Å². The Hall–Kier alpha value is -1.95. The molecule has 0 radical (unpaired) electrons. The summed E-state index contributed by atoms with van der Waals surface area (Å²) in [6.07, 6.45) is -3.58. The zero-order valence-corrected chi connectivity index (χ0v) is 10.5. The second-order valence-electron chi connectivity index (χ2n) is 4.77. The lowest BCUT2D eigenvalue weighted by Crippen LogP contribution is -2.18. The van der Waals surface area contributed by atoms with Gasteiger partial charge in [-0.1, -0.05) is 30.3 Å². The highest BCUT2D eigenvalue weighted by molar-refractivity contribution is 5.56. The van der Waals surface area contributed by atoms with Crippen LogP contribution < -0.4 is 5.73 Å². The molecule has 0 saturated carbocycles. The van der Waals surface area contributed by atoms with Crippen molar-refractivity contribution in [1.29, 1.82) is 0 Å². The van der Waals surface area contributed by atoms with Crippen LogP contribution in [0, 0.1) is 0 Å². The van der Waals surface area contributed by atoms with Crippen LogP contribution in [0.1, 0.15) is 29.4 Å². The van der Waals surface area contributed by atoms with Gasteiger partial charge in [0.2, 0.25) is 0 Å². The molecule has 2 aromatic rings. The van der Waals surface area contributed by atoms with Crippen molar-refractivity contribution in [3.05, 3.63) is 47.3 Å². The predicted octanol–water partition coefficient (Wildman–Crippen LogP) is 3.11. The maximum absolute atomic E-state index is 13.2. The van der Waals surface area contributed by atoms with Crippen LogP contribution in [0.15, 0.2) is 30.3 Å². The van der Waals surface area contributed by atoms with Crippen LogP contribution in [0.25, 0.3) is 11.4 Å². The largest absolute Gasteiger partial charge is 0.433 e. The minimum atomic E-state index is -4.52. The summed E-state index contributed by atoms with van der Waals surface area (Å²) in [7, 11) is 0. The van der Waals surface area contributed by atoms with Crippen LogP contribution >= 0.6 is 0 Å². The molecule has 1 atom stereocenters. The number of aromatic nitrogens is 2. The summed E-state index contributed by atoms with van der Waals surface area (Å²) in [5, 5.41) is 0. The van der Waals surface area contributed by atoms with E-state index < -0.39 is 17.9 Å². The van der Waals surface area contributed by atoms with Crippen LogP contribution in [0.2, 0.25) is 0 Å². The Morgan fingerprint density at radius 2 is 1.80 bits per heavy atom. The summed E-state index contributed by atoms with van der Waals surface area (Å²) in [4.78, 5) is 7.98. The molecule has 1 aliphatic carbocycles. The van der Waals surface area contributed by atoms with Crippen molar-refractivity contribution < 1.29 is 13.2 Å². The van der Waals surface area contributed by atoms with Gasteiger partial charge >= 0.3 is 6.18 Å². The molecule has 1 unspecified atom stereocenters. The van der Waals surface area contributed by atoms with Gasteiger partial charge in [-0.2, -0.15) is 13.2 Å². The van der Waals surface area contributed by atoms with Crippen LogP contribution in [-0.4, -0.2) is 9.97 Å². The predicted molar refractivity (Wildman–Crippen MR) is 67.7 cm³/mol. The van der Waals surface area contributed by atoms with Crippen LogP contribution in [-0.2, 0) is 12.6 Å². The molecule has 1 aromatic carbocycles. The van der Waals surface area contributed by atoms with Crippen molar-refractivity contribution in [2.24, 2.45) is 5.73 Å². The molecule has 3 nitrogen and oxygen atoms in total. The average Bonchev–Trinajstić information content (AvgIpc) is 2.79. The highest BCUT2D eigenvalue weighted by Crippen LogP contribution is 2.39. The van der Waals surface area contributed by atoms with Gasteiger partial charge in [-0.3, -0.25) is 0 Å². The first-order valence-electron chi connectivity index (χ1n) is 6.26. The number of aryl methyl sites for hydroxylation is 1. The van der Waals surface area contributed by atoms with E-state index in [9.17, 15) is 13.2 Å². The van der Waals surface area contributed by atoms with E-state index in [1.54, 1.807) is 30.3 Å². The summed E-state index contributed by atoms with van der Waals surface area (Å²) in [6, 6.07) is 8.02. The maximum atomic E-state index is 13.2. The van der Waals surface area contributed by atoms with Crippen molar-refractivity contribution >= 4 is 0 Å². The lowest BCUT2D eigenvalue weighted by Gasteiger charge is -2.15. The summed E-state index contributed by atoms with van der Waals surface area (Å²) < 4.78 is 39.5. The molecule has 0 amide bonds. The number of benzene rings is 1. The Labute approximate surface area is 113 Å². The van der Waals surface area contributed by atoms with Gasteiger partial charge in [0.1, 0.15) is 0 Å². The maximum Gasteiger partial charge on any atom is 0.433 e. The Morgan fingerprint density at radius 3 is 2.45 bits per heavy atom. The Balaban J connectivity index is 2.21. The monoisotopic (exact) mass is 279 g/mol. The molecule has 3 rings (SSSR count). The molecule has 104 valence electrons. The first-order valence-corrected chi connectivity index (χ1v) is 6.26. The average molecular weight is 279 g/mol. The van der Waals surface area contributed by atoms with Gasteiger partial charge in [-0.25, -0.2) is 9.97 Å². The van der Waals surface area contributed by atoms with Crippen molar-refractivity contribution in [2.75, 3.05) is 0 Å². The molecule has 1 aliphatic rings. The number of fused-ring (bicyclic) bond motifs is 1. The highest BCUT2D eigenvalue weighted by atomic mass is 19.4. The molecule has 6 heteroatoms. The Bertz CT molecular complexity index is 638. The minimum Gasteiger partial charge on any atom is -0.324 e. The van der Waals surface area contributed by atoms with Crippen LogP contribution in [0.3, 0.4) is 0 Å². The zero-order valence-electron chi connectivity index (χ0n) is 10.5. The number of hydrogen-bond acceptors (Lipinski definition) is 3. The van der Waals surface area contributed by atoms with Gasteiger partial charge in [0.05, 0.1) is 0 Å². The number of nitrogens with zero attached hydrogens (tertiary/aromatic N) is 2. The fourth-order valence-electron chi connectivity index (χ4n) is 2.47. The molecule has 1 aromatic heterocycles. The van der Waals surface area contributed by atoms with Gasteiger partial charge in [0.15, 0.2) is 11.5 Å². The van der Waals surface area contributed by atoms with Gasteiger partial charge in [-0.15, -0.1) is 0 Å². The quantitative estimate of drug-likeness (QED) is 0.872. The molecule has 2 N–H and O–H groups in total. The van der Waals surface area contributed by atoms with E-state index in [2.05, 4.69) is 9.97 Å². The molecular formula is C14H12F3N3. The molecule has 0 aliphatic heterocycles. The number of rotatable bonds is 1. The summed E-state index contributed by atoms with van der Waals surface area (Å²) in [5.74, 6) is 0.103. The standard InChI is InChI=1S/C14H12F3N3/c15-14(16,17)12-11-9(18)6-7-10(11)19-13(20-12)8-4-2-1-3-5-8/h1-5,9H,6-7,18H2. The number of alkyl halides is 3. The summed E-state index contributed by atoms with van der Waals surface area (Å²) >= 11 is 0. The number of hydrogen-bond donors (Lipinski definition) is 1.